The van der Waals surface area contributed by atoms with Crippen LogP contribution in [0.15, 0.2) is 42.9 Å². The quantitative estimate of drug-likeness (QED) is 0.613. The van der Waals surface area contributed by atoms with Crippen LogP contribution in [0.1, 0.15) is 46.6 Å². The summed E-state index contributed by atoms with van der Waals surface area (Å²) in [5.41, 5.74) is 4.81. The fourth-order valence-electron chi connectivity index (χ4n) is 2.86. The molecule has 26 heavy (non-hydrogen) atoms. The highest BCUT2D eigenvalue weighted by Crippen LogP contribution is 2.13. The first-order valence-electron chi connectivity index (χ1n) is 8.89. The van der Waals surface area contributed by atoms with Crippen LogP contribution in [0.4, 0.5) is 0 Å². The highest BCUT2D eigenvalue weighted by atomic mass is 16.5. The smallest absolute Gasteiger partial charge is 0.341 e. The average Bonchev–Trinajstić information content (AvgIpc) is 3.23. The van der Waals surface area contributed by atoms with E-state index in [4.69, 9.17) is 4.74 Å². The second-order valence-electron chi connectivity index (χ2n) is 6.29. The number of ether oxygens (including phenoxy) is 1. The number of hydrogen-bond acceptors (Lipinski definition) is 4. The molecule has 0 spiro atoms. The van der Waals surface area contributed by atoms with Crippen LogP contribution in [0.25, 0.3) is 0 Å². The van der Waals surface area contributed by atoms with Gasteiger partial charge in [0.05, 0.1) is 31.6 Å². The SMILES string of the molecule is CCOC(=O)c1cn(Cc2ccc(Cn3cc(C)cn3)cc2)nc1CC. The van der Waals surface area contributed by atoms with Gasteiger partial charge in [0, 0.05) is 12.4 Å². The molecule has 0 saturated carbocycles. The minimum atomic E-state index is -0.305. The summed E-state index contributed by atoms with van der Waals surface area (Å²) in [6.07, 6.45) is 6.36. The topological polar surface area (TPSA) is 61.9 Å². The molecule has 136 valence electrons. The lowest BCUT2D eigenvalue weighted by atomic mass is 10.1. The van der Waals surface area contributed by atoms with Crippen LogP contribution in [0.5, 0.6) is 0 Å². The van der Waals surface area contributed by atoms with Crippen molar-refractivity contribution in [3.05, 3.63) is 70.8 Å². The van der Waals surface area contributed by atoms with Gasteiger partial charge in [0.25, 0.3) is 0 Å². The van der Waals surface area contributed by atoms with Crippen molar-refractivity contribution in [2.24, 2.45) is 0 Å². The third-order valence-electron chi connectivity index (χ3n) is 4.14. The van der Waals surface area contributed by atoms with E-state index in [0.29, 0.717) is 25.1 Å². The summed E-state index contributed by atoms with van der Waals surface area (Å²) in [6, 6.07) is 8.37. The molecule has 0 aliphatic carbocycles. The third kappa shape index (κ3) is 4.20. The van der Waals surface area contributed by atoms with Crippen LogP contribution in [-0.2, 0) is 24.2 Å². The molecule has 0 unspecified atom stereocenters. The summed E-state index contributed by atoms with van der Waals surface area (Å²) >= 11 is 0. The lowest BCUT2D eigenvalue weighted by Crippen LogP contribution is -2.06. The summed E-state index contributed by atoms with van der Waals surface area (Å²) < 4.78 is 8.84. The zero-order valence-electron chi connectivity index (χ0n) is 15.5. The van der Waals surface area contributed by atoms with Crippen molar-refractivity contribution in [1.29, 1.82) is 0 Å². The number of esters is 1. The molecular formula is C20H24N4O2. The average molecular weight is 352 g/mol. The van der Waals surface area contributed by atoms with Gasteiger partial charge < -0.3 is 4.74 Å². The molecule has 3 aromatic rings. The van der Waals surface area contributed by atoms with Gasteiger partial charge in [-0.1, -0.05) is 31.2 Å². The van der Waals surface area contributed by atoms with E-state index in [1.807, 2.05) is 30.9 Å². The van der Waals surface area contributed by atoms with Crippen LogP contribution < -0.4 is 0 Å². The van der Waals surface area contributed by atoms with Crippen molar-refractivity contribution >= 4 is 5.97 Å². The Kier molecular flexibility index (Phi) is 5.51. The van der Waals surface area contributed by atoms with Gasteiger partial charge in [-0.05, 0) is 37.0 Å². The van der Waals surface area contributed by atoms with Gasteiger partial charge in [-0.2, -0.15) is 10.2 Å². The van der Waals surface area contributed by atoms with E-state index in [9.17, 15) is 4.79 Å². The lowest BCUT2D eigenvalue weighted by molar-refractivity contribution is 0.0525. The Balaban J connectivity index is 1.70. The van der Waals surface area contributed by atoms with Gasteiger partial charge in [0.2, 0.25) is 0 Å². The first-order chi connectivity index (χ1) is 12.6. The maximum atomic E-state index is 12.0. The molecule has 0 fully saturated rings. The molecule has 0 radical (unpaired) electrons. The molecule has 0 atom stereocenters. The normalized spacial score (nSPS) is 10.9. The van der Waals surface area contributed by atoms with E-state index in [1.165, 1.54) is 5.56 Å². The second-order valence-corrected chi connectivity index (χ2v) is 6.29. The van der Waals surface area contributed by atoms with Gasteiger partial charge in [-0.3, -0.25) is 9.36 Å². The van der Waals surface area contributed by atoms with Gasteiger partial charge in [-0.25, -0.2) is 4.79 Å². The molecule has 2 heterocycles. The predicted octanol–water partition coefficient (Wildman–Crippen LogP) is 3.22. The minimum Gasteiger partial charge on any atom is -0.462 e. The molecule has 0 aliphatic rings. The zero-order chi connectivity index (χ0) is 18.5. The van der Waals surface area contributed by atoms with E-state index in [1.54, 1.807) is 17.8 Å². The monoisotopic (exact) mass is 352 g/mol. The van der Waals surface area contributed by atoms with Crippen LogP contribution in [0, 0.1) is 6.92 Å². The number of nitrogens with zero attached hydrogens (tertiary/aromatic N) is 4. The highest BCUT2D eigenvalue weighted by Gasteiger charge is 2.16. The van der Waals surface area contributed by atoms with Crippen molar-refractivity contribution < 1.29 is 9.53 Å². The molecule has 6 nitrogen and oxygen atoms in total. The third-order valence-corrected chi connectivity index (χ3v) is 4.14. The zero-order valence-corrected chi connectivity index (χ0v) is 15.5. The van der Waals surface area contributed by atoms with Crippen molar-refractivity contribution in [1.82, 2.24) is 19.6 Å². The Bertz CT molecular complexity index is 878. The van der Waals surface area contributed by atoms with Crippen molar-refractivity contribution in [2.75, 3.05) is 6.61 Å². The van der Waals surface area contributed by atoms with Gasteiger partial charge in [0.15, 0.2) is 0 Å². The lowest BCUT2D eigenvalue weighted by Gasteiger charge is -2.05. The van der Waals surface area contributed by atoms with Crippen LogP contribution in [0.2, 0.25) is 0 Å². The molecule has 0 amide bonds. The number of hydrogen-bond donors (Lipinski definition) is 0. The molecule has 2 aromatic heterocycles. The Morgan fingerprint density at radius 2 is 1.69 bits per heavy atom. The summed E-state index contributed by atoms with van der Waals surface area (Å²) in [4.78, 5) is 12.0. The molecule has 0 saturated heterocycles. The fraction of sp³-hybridized carbons (Fsp3) is 0.350. The van der Waals surface area contributed by atoms with Crippen molar-refractivity contribution in [2.45, 2.75) is 40.3 Å². The standard InChI is InChI=1S/C20H24N4O2/c1-4-19-18(20(25)26-5-2)14-24(22-19)13-17-8-6-16(7-9-17)12-23-11-15(3)10-21-23/h6-11,14H,4-5,12-13H2,1-3H3. The maximum Gasteiger partial charge on any atom is 0.341 e. The van der Waals surface area contributed by atoms with Gasteiger partial charge in [0.1, 0.15) is 5.56 Å². The number of carbonyl (C=O) groups is 1. The predicted molar refractivity (Wildman–Crippen MR) is 99.2 cm³/mol. The molecule has 0 bridgehead atoms. The fourth-order valence-corrected chi connectivity index (χ4v) is 2.86. The van der Waals surface area contributed by atoms with Gasteiger partial charge in [-0.15, -0.1) is 0 Å². The Morgan fingerprint density at radius 3 is 2.23 bits per heavy atom. The van der Waals surface area contributed by atoms with E-state index in [0.717, 1.165) is 23.4 Å². The maximum absolute atomic E-state index is 12.0. The number of carbonyl (C=O) groups excluding carboxylic acids is 1. The van der Waals surface area contributed by atoms with E-state index in [2.05, 4.69) is 34.5 Å². The Morgan fingerprint density at radius 1 is 1.04 bits per heavy atom. The first-order valence-corrected chi connectivity index (χ1v) is 8.89. The molecule has 0 N–H and O–H groups in total. The largest absolute Gasteiger partial charge is 0.462 e. The summed E-state index contributed by atoms with van der Waals surface area (Å²) in [5, 5.41) is 8.84. The molecule has 1 aromatic carbocycles. The number of benzene rings is 1. The number of aryl methyl sites for hydroxylation is 2. The summed E-state index contributed by atoms with van der Waals surface area (Å²) in [7, 11) is 0. The van der Waals surface area contributed by atoms with Crippen LogP contribution in [0.3, 0.4) is 0 Å². The summed E-state index contributed by atoms with van der Waals surface area (Å²) in [6.45, 7) is 7.56. The molecular weight excluding hydrogens is 328 g/mol. The number of rotatable bonds is 7. The van der Waals surface area contributed by atoms with E-state index >= 15 is 0 Å². The van der Waals surface area contributed by atoms with E-state index in [-0.39, 0.29) is 5.97 Å². The number of aromatic nitrogens is 4. The van der Waals surface area contributed by atoms with Gasteiger partial charge >= 0.3 is 5.97 Å². The minimum absolute atomic E-state index is 0.305. The van der Waals surface area contributed by atoms with E-state index < -0.39 is 0 Å². The van der Waals surface area contributed by atoms with Crippen LogP contribution in [-0.4, -0.2) is 32.1 Å². The van der Waals surface area contributed by atoms with Crippen molar-refractivity contribution in [3.8, 4) is 0 Å². The summed E-state index contributed by atoms with van der Waals surface area (Å²) in [5.74, 6) is -0.305. The van der Waals surface area contributed by atoms with Crippen LogP contribution >= 0.6 is 0 Å². The molecule has 0 aliphatic heterocycles. The second kappa shape index (κ2) is 7.99. The Labute approximate surface area is 153 Å². The van der Waals surface area contributed by atoms with Crippen molar-refractivity contribution in [3.63, 3.8) is 0 Å². The first kappa shape index (κ1) is 17.9. The highest BCUT2D eigenvalue weighted by molar-refractivity contribution is 5.90. The Hall–Kier alpha value is -2.89. The molecule has 6 heteroatoms. The molecule has 3 rings (SSSR count).